The van der Waals surface area contributed by atoms with Crippen LogP contribution < -0.4 is 0 Å². The van der Waals surface area contributed by atoms with Crippen LogP contribution in [0.2, 0.25) is 0 Å². The zero-order valence-corrected chi connectivity index (χ0v) is 7.67. The fourth-order valence-electron chi connectivity index (χ4n) is 0. The summed E-state index contributed by atoms with van der Waals surface area (Å²) in [6.07, 6.45) is 4.08. The van der Waals surface area contributed by atoms with Crippen molar-refractivity contribution >= 4 is 11.8 Å². The summed E-state index contributed by atoms with van der Waals surface area (Å²) >= 11 is 1.75. The summed E-state index contributed by atoms with van der Waals surface area (Å²) in [4.78, 5) is 0. The molecule has 52 valence electrons. The first-order valence-electron chi connectivity index (χ1n) is 2.61. The minimum atomic E-state index is 1.00. The van der Waals surface area contributed by atoms with E-state index in [-0.39, 0.29) is 0 Å². The first-order valence-corrected chi connectivity index (χ1v) is 4.24. The van der Waals surface area contributed by atoms with Gasteiger partial charge < -0.3 is 4.48 Å². The van der Waals surface area contributed by atoms with Crippen LogP contribution in [0.25, 0.3) is 0 Å². The molecule has 0 saturated heterocycles. The van der Waals surface area contributed by atoms with Crippen molar-refractivity contribution in [2.45, 2.75) is 0 Å². The minimum absolute atomic E-state index is 1.00. The van der Waals surface area contributed by atoms with Crippen LogP contribution in [0.3, 0.4) is 0 Å². The predicted molar refractivity (Wildman–Crippen MR) is 43.4 cm³/mol. The van der Waals surface area contributed by atoms with Crippen molar-refractivity contribution in [3.05, 3.63) is 0 Å². The lowest BCUT2D eigenvalue weighted by Gasteiger charge is -2.14. The van der Waals surface area contributed by atoms with Crippen molar-refractivity contribution in [2.75, 3.05) is 40.7 Å². The second-order valence-electron chi connectivity index (χ2n) is 3.09. The van der Waals surface area contributed by atoms with E-state index in [1.54, 1.807) is 11.8 Å². The molecule has 0 spiro atoms. The second-order valence-corrected chi connectivity index (χ2v) is 3.91. The Morgan fingerprint density at radius 3 is 0.875 bits per heavy atom. The minimum Gasteiger partial charge on any atom is -0.333 e. The number of hydrogen-bond donors (Lipinski definition) is 0. The number of quaternary nitrogens is 1. The van der Waals surface area contributed by atoms with Gasteiger partial charge in [0.15, 0.2) is 0 Å². The maximum atomic E-state index is 2.12. The van der Waals surface area contributed by atoms with E-state index in [1.165, 1.54) is 0 Å². The van der Waals surface area contributed by atoms with Crippen LogP contribution >= 0.6 is 11.8 Å². The Hall–Kier alpha value is 0.310. The fourth-order valence-corrected chi connectivity index (χ4v) is 0. The highest BCUT2D eigenvalue weighted by molar-refractivity contribution is 7.97. The lowest BCUT2D eigenvalue weighted by molar-refractivity contribution is -0.849. The molecule has 0 aliphatic carbocycles. The topological polar surface area (TPSA) is 0 Å². The van der Waals surface area contributed by atoms with Crippen LogP contribution in [0.15, 0.2) is 0 Å². The molecule has 2 heteroatoms. The number of thioether (sulfide) groups is 1. The number of rotatable bonds is 0. The summed E-state index contributed by atoms with van der Waals surface area (Å²) in [6, 6.07) is 0. The van der Waals surface area contributed by atoms with E-state index in [0.29, 0.717) is 0 Å². The van der Waals surface area contributed by atoms with Gasteiger partial charge in [0.25, 0.3) is 0 Å². The van der Waals surface area contributed by atoms with E-state index < -0.39 is 0 Å². The molecule has 0 N–H and O–H groups in total. The second kappa shape index (κ2) is 5.45. The first-order chi connectivity index (χ1) is 3.41. The highest BCUT2D eigenvalue weighted by Crippen LogP contribution is 1.73. The SMILES string of the molecule is CSC.C[N+](C)(C)C. The molecule has 0 amide bonds. The zero-order valence-electron chi connectivity index (χ0n) is 6.86. The Morgan fingerprint density at radius 1 is 0.875 bits per heavy atom. The maximum absolute atomic E-state index is 2.12. The number of nitrogens with zero attached hydrogens (tertiary/aromatic N) is 1. The van der Waals surface area contributed by atoms with Crippen LogP contribution in [-0.2, 0) is 0 Å². The standard InChI is InChI=1S/C4H12N.C2H6S/c1-5(2,3)4;1-3-2/h1-4H3;1-2H3/q+1;. The van der Waals surface area contributed by atoms with E-state index in [1.807, 2.05) is 12.5 Å². The molecule has 0 heterocycles. The van der Waals surface area contributed by atoms with Gasteiger partial charge in [0.1, 0.15) is 0 Å². The van der Waals surface area contributed by atoms with Crippen LogP contribution in [0, 0.1) is 0 Å². The summed E-state index contributed by atoms with van der Waals surface area (Å²) < 4.78 is 1.00. The third-order valence-electron chi connectivity index (χ3n) is 0. The van der Waals surface area contributed by atoms with Crippen molar-refractivity contribution < 1.29 is 4.48 Å². The van der Waals surface area contributed by atoms with Gasteiger partial charge in [-0.15, -0.1) is 0 Å². The van der Waals surface area contributed by atoms with Crippen LogP contribution in [-0.4, -0.2) is 45.2 Å². The van der Waals surface area contributed by atoms with E-state index in [0.717, 1.165) is 4.48 Å². The molecule has 0 aromatic rings. The summed E-state index contributed by atoms with van der Waals surface area (Å²) in [7, 11) is 8.50. The smallest absolute Gasteiger partial charge is 0.0675 e. The summed E-state index contributed by atoms with van der Waals surface area (Å²) in [5, 5.41) is 0. The normalized spacial score (nSPS) is 9.75. The lowest BCUT2D eigenvalue weighted by atomic mass is 10.8. The Kier molecular flexibility index (Phi) is 7.59. The largest absolute Gasteiger partial charge is 0.333 e. The van der Waals surface area contributed by atoms with Gasteiger partial charge in [-0.3, -0.25) is 0 Å². The molecule has 0 aromatic heterocycles. The molecule has 0 rings (SSSR count). The Balaban J connectivity index is 0. The molecule has 1 nitrogen and oxygen atoms in total. The molecule has 0 aliphatic heterocycles. The van der Waals surface area contributed by atoms with Crippen molar-refractivity contribution in [3.63, 3.8) is 0 Å². The van der Waals surface area contributed by atoms with Crippen LogP contribution in [0.4, 0.5) is 0 Å². The molecule has 0 radical (unpaired) electrons. The summed E-state index contributed by atoms with van der Waals surface area (Å²) in [5.74, 6) is 0. The van der Waals surface area contributed by atoms with Gasteiger partial charge in [0.2, 0.25) is 0 Å². The highest BCUT2D eigenvalue weighted by atomic mass is 32.2. The van der Waals surface area contributed by atoms with Crippen molar-refractivity contribution in [1.29, 1.82) is 0 Å². The molecule has 0 fully saturated rings. The van der Waals surface area contributed by atoms with Gasteiger partial charge in [0.05, 0.1) is 28.2 Å². The molecule has 8 heavy (non-hydrogen) atoms. The van der Waals surface area contributed by atoms with Crippen LogP contribution in [0.5, 0.6) is 0 Å². The van der Waals surface area contributed by atoms with Gasteiger partial charge in [-0.2, -0.15) is 11.8 Å². The zero-order chi connectivity index (χ0) is 7.21. The van der Waals surface area contributed by atoms with Crippen molar-refractivity contribution in [3.8, 4) is 0 Å². The summed E-state index contributed by atoms with van der Waals surface area (Å²) in [6.45, 7) is 0. The molecule has 0 aromatic carbocycles. The Morgan fingerprint density at radius 2 is 0.875 bits per heavy atom. The molecule has 0 aliphatic rings. The monoisotopic (exact) mass is 136 g/mol. The molecule has 0 saturated carbocycles. The lowest BCUT2D eigenvalue weighted by Crippen LogP contribution is -2.27. The average molecular weight is 136 g/mol. The van der Waals surface area contributed by atoms with Gasteiger partial charge in [-0.05, 0) is 12.5 Å². The Labute approximate surface area is 57.7 Å². The van der Waals surface area contributed by atoms with E-state index in [2.05, 4.69) is 28.2 Å². The van der Waals surface area contributed by atoms with Gasteiger partial charge in [-0.1, -0.05) is 0 Å². The maximum Gasteiger partial charge on any atom is 0.0675 e. The quantitative estimate of drug-likeness (QED) is 0.452. The molecule has 0 bridgehead atoms. The molecular weight excluding hydrogens is 118 g/mol. The van der Waals surface area contributed by atoms with Gasteiger partial charge in [-0.25, -0.2) is 0 Å². The van der Waals surface area contributed by atoms with E-state index in [9.17, 15) is 0 Å². The molecule has 0 atom stereocenters. The van der Waals surface area contributed by atoms with Gasteiger partial charge >= 0.3 is 0 Å². The van der Waals surface area contributed by atoms with Gasteiger partial charge in [0, 0.05) is 0 Å². The van der Waals surface area contributed by atoms with E-state index >= 15 is 0 Å². The number of hydrogen-bond acceptors (Lipinski definition) is 1. The predicted octanol–water partition coefficient (Wildman–Crippen LogP) is 1.30. The third kappa shape index (κ3) is 1850. The molecule has 0 unspecified atom stereocenters. The third-order valence-corrected chi connectivity index (χ3v) is 0. The summed E-state index contributed by atoms with van der Waals surface area (Å²) in [5.41, 5.74) is 0. The molecular formula is C6H18NS+. The van der Waals surface area contributed by atoms with Crippen molar-refractivity contribution in [1.82, 2.24) is 0 Å². The highest BCUT2D eigenvalue weighted by Gasteiger charge is 1.88. The Bertz CT molecular complexity index is 32.3. The fraction of sp³-hybridized carbons (Fsp3) is 1.00. The van der Waals surface area contributed by atoms with Crippen molar-refractivity contribution in [2.24, 2.45) is 0 Å². The van der Waals surface area contributed by atoms with E-state index in [4.69, 9.17) is 0 Å². The van der Waals surface area contributed by atoms with Crippen LogP contribution in [0.1, 0.15) is 0 Å². The first kappa shape index (κ1) is 11.2. The average Bonchev–Trinajstić information content (AvgIpc) is 1.27.